The maximum absolute atomic E-state index is 10.6. The molecule has 72 valence electrons. The first kappa shape index (κ1) is 11.5. The third-order valence-electron chi connectivity index (χ3n) is 1.44. The van der Waals surface area contributed by atoms with Crippen LogP contribution in [0.2, 0.25) is 0 Å². The van der Waals surface area contributed by atoms with Crippen LogP contribution in [0, 0.1) is 0 Å². The molecule has 0 aromatic carbocycles. The van der Waals surface area contributed by atoms with Crippen LogP contribution in [0.15, 0.2) is 0 Å². The second kappa shape index (κ2) is 5.18. The summed E-state index contributed by atoms with van der Waals surface area (Å²) in [5, 5.41) is 35.0. The summed E-state index contributed by atoms with van der Waals surface area (Å²) in [5.74, 6) is -0.782. The molecule has 0 aliphatic rings. The molecule has 6 heteroatoms. The highest BCUT2D eigenvalue weighted by Crippen LogP contribution is 2.00. The van der Waals surface area contributed by atoms with E-state index in [1.54, 1.807) is 0 Å². The zero-order valence-electron chi connectivity index (χ0n) is 6.42. The topological polar surface area (TPSA) is 124 Å². The second-order valence-electron chi connectivity index (χ2n) is 2.36. The maximum Gasteiger partial charge on any atom is 0.177 e. The Morgan fingerprint density at radius 1 is 1.33 bits per heavy atom. The van der Waals surface area contributed by atoms with Crippen molar-refractivity contribution in [2.75, 3.05) is 13.2 Å². The fourth-order valence-electron chi connectivity index (χ4n) is 0.630. The zero-order valence-corrected chi connectivity index (χ0v) is 6.42. The molecule has 3 atom stereocenters. The first-order chi connectivity index (χ1) is 5.54. The lowest BCUT2D eigenvalue weighted by Crippen LogP contribution is -2.45. The molecular weight excluding hydrogens is 166 g/mol. The molecule has 12 heavy (non-hydrogen) atoms. The minimum atomic E-state index is -1.74. The smallest absolute Gasteiger partial charge is 0.177 e. The summed E-state index contributed by atoms with van der Waals surface area (Å²) in [6.07, 6.45) is -4.96. The van der Waals surface area contributed by atoms with Gasteiger partial charge in [-0.3, -0.25) is 4.79 Å². The van der Waals surface area contributed by atoms with Crippen molar-refractivity contribution in [2.24, 2.45) is 5.73 Å². The van der Waals surface area contributed by atoms with E-state index in [4.69, 9.17) is 26.2 Å². The van der Waals surface area contributed by atoms with Crippen molar-refractivity contribution < 1.29 is 25.2 Å². The Morgan fingerprint density at radius 2 is 1.83 bits per heavy atom. The Labute approximate surface area is 69.2 Å². The lowest BCUT2D eigenvalue weighted by Gasteiger charge is -2.19. The molecule has 0 aromatic heterocycles. The normalized spacial score (nSPS) is 18.4. The molecule has 6 N–H and O–H groups in total. The van der Waals surface area contributed by atoms with Crippen molar-refractivity contribution in [1.82, 2.24) is 0 Å². The van der Waals surface area contributed by atoms with Gasteiger partial charge in [0.2, 0.25) is 0 Å². The van der Waals surface area contributed by atoms with Gasteiger partial charge in [0.05, 0.1) is 13.2 Å². The highest BCUT2D eigenvalue weighted by Gasteiger charge is 2.28. The molecule has 0 aliphatic carbocycles. The van der Waals surface area contributed by atoms with Gasteiger partial charge < -0.3 is 26.2 Å². The molecule has 6 nitrogen and oxygen atoms in total. The van der Waals surface area contributed by atoms with Crippen molar-refractivity contribution >= 4 is 5.78 Å². The molecule has 0 aliphatic heterocycles. The van der Waals surface area contributed by atoms with Gasteiger partial charge in [-0.05, 0) is 0 Å². The van der Waals surface area contributed by atoms with E-state index in [0.29, 0.717) is 0 Å². The summed E-state index contributed by atoms with van der Waals surface area (Å²) in [7, 11) is 0. The Kier molecular flexibility index (Phi) is 4.95. The van der Waals surface area contributed by atoms with Crippen LogP contribution < -0.4 is 5.73 Å². The average Bonchev–Trinajstić information content (AvgIpc) is 2.12. The molecule has 0 unspecified atom stereocenters. The third kappa shape index (κ3) is 2.84. The standard InChI is InChI=1S/C6H13NO5/c7-1-3(9)5(11)6(12)4(10)2-8/h4-6,8,10-12H,1-2,7H2/t4-,5+,6-/m0/s1. The van der Waals surface area contributed by atoms with Crippen molar-refractivity contribution in [3.8, 4) is 0 Å². The molecule has 0 rings (SSSR count). The first-order valence-electron chi connectivity index (χ1n) is 3.42. The van der Waals surface area contributed by atoms with Crippen LogP contribution in [0.3, 0.4) is 0 Å². The van der Waals surface area contributed by atoms with Gasteiger partial charge in [0.25, 0.3) is 0 Å². The molecule has 0 aromatic rings. The Balaban J connectivity index is 4.08. The molecule has 0 radical (unpaired) electrons. The van der Waals surface area contributed by atoms with Gasteiger partial charge >= 0.3 is 0 Å². The van der Waals surface area contributed by atoms with E-state index >= 15 is 0 Å². The Hall–Kier alpha value is -0.530. The fourth-order valence-corrected chi connectivity index (χ4v) is 0.630. The summed E-state index contributed by atoms with van der Waals surface area (Å²) < 4.78 is 0. The van der Waals surface area contributed by atoms with Crippen LogP contribution in [-0.2, 0) is 4.79 Å². The van der Waals surface area contributed by atoms with E-state index in [1.807, 2.05) is 0 Å². The number of aliphatic hydroxyl groups excluding tert-OH is 4. The number of ketones is 1. The molecule has 0 spiro atoms. The lowest BCUT2D eigenvalue weighted by atomic mass is 10.1. The average molecular weight is 179 g/mol. The molecule has 0 heterocycles. The molecule has 0 saturated heterocycles. The number of hydrogen-bond acceptors (Lipinski definition) is 6. The van der Waals surface area contributed by atoms with Crippen LogP contribution in [0.4, 0.5) is 0 Å². The van der Waals surface area contributed by atoms with Gasteiger partial charge in [0.15, 0.2) is 5.78 Å². The van der Waals surface area contributed by atoms with E-state index in [1.165, 1.54) is 0 Å². The Bertz CT molecular complexity index is 151. The Morgan fingerprint density at radius 3 is 2.17 bits per heavy atom. The highest BCUT2D eigenvalue weighted by atomic mass is 16.4. The number of carbonyl (C=O) groups excluding carboxylic acids is 1. The third-order valence-corrected chi connectivity index (χ3v) is 1.44. The number of Topliss-reactive ketones (excluding diaryl/α,β-unsaturated/α-hetero) is 1. The number of carbonyl (C=O) groups is 1. The second-order valence-corrected chi connectivity index (χ2v) is 2.36. The minimum Gasteiger partial charge on any atom is -0.394 e. The zero-order chi connectivity index (χ0) is 9.72. The van der Waals surface area contributed by atoms with Gasteiger partial charge in [-0.2, -0.15) is 0 Å². The first-order valence-corrected chi connectivity index (χ1v) is 3.42. The van der Waals surface area contributed by atoms with E-state index in [9.17, 15) is 4.79 Å². The number of nitrogens with two attached hydrogens (primary N) is 1. The quantitative estimate of drug-likeness (QED) is 0.299. The van der Waals surface area contributed by atoms with Crippen LogP contribution in [0.25, 0.3) is 0 Å². The molecular formula is C6H13NO5. The van der Waals surface area contributed by atoms with Crippen molar-refractivity contribution in [1.29, 1.82) is 0 Å². The monoisotopic (exact) mass is 179 g/mol. The van der Waals surface area contributed by atoms with Crippen molar-refractivity contribution in [3.05, 3.63) is 0 Å². The van der Waals surface area contributed by atoms with Crippen LogP contribution in [-0.4, -0.2) is 57.7 Å². The van der Waals surface area contributed by atoms with Crippen LogP contribution >= 0.6 is 0 Å². The lowest BCUT2D eigenvalue weighted by molar-refractivity contribution is -0.138. The minimum absolute atomic E-state index is 0.420. The van der Waals surface area contributed by atoms with Crippen molar-refractivity contribution in [3.63, 3.8) is 0 Å². The number of hydrogen-bond donors (Lipinski definition) is 5. The van der Waals surface area contributed by atoms with Crippen molar-refractivity contribution in [2.45, 2.75) is 18.3 Å². The molecule has 0 fully saturated rings. The predicted molar refractivity (Wildman–Crippen MR) is 39.2 cm³/mol. The summed E-state index contributed by atoms with van der Waals surface area (Å²) in [6.45, 7) is -1.15. The van der Waals surface area contributed by atoms with E-state index in [0.717, 1.165) is 0 Å². The van der Waals surface area contributed by atoms with E-state index in [-0.39, 0.29) is 0 Å². The van der Waals surface area contributed by atoms with Gasteiger partial charge in [-0.15, -0.1) is 0 Å². The largest absolute Gasteiger partial charge is 0.394 e. The van der Waals surface area contributed by atoms with Crippen LogP contribution in [0.5, 0.6) is 0 Å². The highest BCUT2D eigenvalue weighted by molar-refractivity contribution is 5.85. The van der Waals surface area contributed by atoms with Crippen LogP contribution in [0.1, 0.15) is 0 Å². The molecule has 0 amide bonds. The van der Waals surface area contributed by atoms with Gasteiger partial charge in [0, 0.05) is 0 Å². The number of rotatable bonds is 5. The van der Waals surface area contributed by atoms with Gasteiger partial charge in [-0.1, -0.05) is 0 Å². The summed E-state index contributed by atoms with van der Waals surface area (Å²) >= 11 is 0. The SMILES string of the molecule is NCC(=O)[C@@H](O)[C@@H](O)[C@@H](O)CO. The fraction of sp³-hybridized carbons (Fsp3) is 0.833. The summed E-state index contributed by atoms with van der Waals surface area (Å²) in [6, 6.07) is 0. The van der Waals surface area contributed by atoms with E-state index in [2.05, 4.69) is 0 Å². The predicted octanol–water partition coefficient (Wildman–Crippen LogP) is -3.41. The van der Waals surface area contributed by atoms with Gasteiger partial charge in [-0.25, -0.2) is 0 Å². The molecule has 0 bridgehead atoms. The summed E-state index contributed by atoms with van der Waals surface area (Å²) in [4.78, 5) is 10.6. The summed E-state index contributed by atoms with van der Waals surface area (Å²) in [5.41, 5.74) is 4.89. The number of aliphatic hydroxyl groups is 4. The molecule has 0 saturated carbocycles. The van der Waals surface area contributed by atoms with E-state index < -0.39 is 37.2 Å². The van der Waals surface area contributed by atoms with Gasteiger partial charge in [0.1, 0.15) is 18.3 Å². The maximum atomic E-state index is 10.6.